The van der Waals surface area contributed by atoms with Gasteiger partial charge in [-0.2, -0.15) is 0 Å². The maximum Gasteiger partial charge on any atom is 0.246 e. The fourth-order valence-corrected chi connectivity index (χ4v) is 3.28. The van der Waals surface area contributed by atoms with E-state index in [0.717, 1.165) is 32.1 Å². The van der Waals surface area contributed by atoms with Gasteiger partial charge >= 0.3 is 0 Å². The van der Waals surface area contributed by atoms with Crippen LogP contribution < -0.4 is 5.32 Å². The van der Waals surface area contributed by atoms with Crippen LogP contribution in [0.25, 0.3) is 0 Å². The van der Waals surface area contributed by atoms with Gasteiger partial charge in [0, 0.05) is 6.04 Å². The summed E-state index contributed by atoms with van der Waals surface area (Å²) in [6, 6.07) is -0.398. The molecule has 0 aromatic heterocycles. The first-order valence-corrected chi connectivity index (χ1v) is 8.13. The molecule has 1 saturated heterocycles. The average molecular weight is 280 g/mol. The number of rotatable bonds is 6. The van der Waals surface area contributed by atoms with E-state index in [9.17, 15) is 9.59 Å². The van der Waals surface area contributed by atoms with Gasteiger partial charge in [0.25, 0.3) is 0 Å². The van der Waals surface area contributed by atoms with Crippen LogP contribution >= 0.6 is 0 Å². The van der Waals surface area contributed by atoms with Gasteiger partial charge in [-0.1, -0.05) is 33.6 Å². The summed E-state index contributed by atoms with van der Waals surface area (Å²) in [6.45, 7) is 8.36. The first kappa shape index (κ1) is 15.3. The van der Waals surface area contributed by atoms with Crippen molar-refractivity contribution in [3.63, 3.8) is 0 Å². The Hall–Kier alpha value is -1.06. The second-order valence-corrected chi connectivity index (χ2v) is 6.54. The smallest absolute Gasteiger partial charge is 0.246 e. The zero-order valence-corrected chi connectivity index (χ0v) is 13.2. The van der Waals surface area contributed by atoms with E-state index in [2.05, 4.69) is 33.0 Å². The number of nitrogens with zero attached hydrogens (tertiary/aromatic N) is 1. The minimum absolute atomic E-state index is 0.0544. The van der Waals surface area contributed by atoms with Crippen LogP contribution in [0, 0.1) is 11.8 Å². The summed E-state index contributed by atoms with van der Waals surface area (Å²) in [5, 5.41) is 2.99. The Kier molecular flexibility index (Phi) is 4.71. The molecule has 2 aliphatic rings. The number of piperazine rings is 1. The predicted molar refractivity (Wildman–Crippen MR) is 79.1 cm³/mol. The van der Waals surface area contributed by atoms with Crippen LogP contribution in [0.2, 0.25) is 0 Å². The second kappa shape index (κ2) is 6.15. The van der Waals surface area contributed by atoms with Crippen LogP contribution in [0.15, 0.2) is 0 Å². The molecule has 114 valence electrons. The van der Waals surface area contributed by atoms with Crippen molar-refractivity contribution < 1.29 is 9.59 Å². The lowest BCUT2D eigenvalue weighted by Crippen LogP contribution is -2.67. The monoisotopic (exact) mass is 280 g/mol. The summed E-state index contributed by atoms with van der Waals surface area (Å²) in [5.41, 5.74) is 0. The molecule has 0 aromatic rings. The Bertz CT molecular complexity index is 379. The maximum atomic E-state index is 12.8. The summed E-state index contributed by atoms with van der Waals surface area (Å²) < 4.78 is 0. The molecule has 0 aromatic carbocycles. The minimum atomic E-state index is -0.288. The number of nitrogens with one attached hydrogen (secondary N) is 1. The number of carbonyl (C=O) groups excluding carboxylic acids is 2. The van der Waals surface area contributed by atoms with Crippen LogP contribution in [0.4, 0.5) is 0 Å². The first-order chi connectivity index (χ1) is 9.51. The van der Waals surface area contributed by atoms with Crippen LogP contribution in [-0.4, -0.2) is 34.8 Å². The topological polar surface area (TPSA) is 49.4 Å². The molecule has 1 aliphatic heterocycles. The number of amides is 2. The highest BCUT2D eigenvalue weighted by Crippen LogP contribution is 2.36. The molecule has 0 radical (unpaired) electrons. The van der Waals surface area contributed by atoms with Gasteiger partial charge in [0.05, 0.1) is 0 Å². The molecule has 4 heteroatoms. The lowest BCUT2D eigenvalue weighted by atomic mass is 9.90. The van der Waals surface area contributed by atoms with E-state index in [0.29, 0.717) is 5.92 Å². The SMILES string of the molecule is CCCC(C)N1C(=O)C(C2CC2)NC(=O)C1C(C)CC. The van der Waals surface area contributed by atoms with Gasteiger partial charge in [0.1, 0.15) is 12.1 Å². The average Bonchev–Trinajstić information content (AvgIpc) is 3.24. The summed E-state index contributed by atoms with van der Waals surface area (Å²) in [4.78, 5) is 27.2. The number of carbonyl (C=O) groups is 2. The molecular formula is C16H28N2O2. The van der Waals surface area contributed by atoms with E-state index in [1.807, 2.05) is 4.90 Å². The van der Waals surface area contributed by atoms with Crippen molar-refractivity contribution in [2.24, 2.45) is 11.8 Å². The molecule has 4 unspecified atom stereocenters. The molecule has 1 N–H and O–H groups in total. The van der Waals surface area contributed by atoms with Gasteiger partial charge in [-0.15, -0.1) is 0 Å². The number of hydrogen-bond donors (Lipinski definition) is 1. The summed E-state index contributed by atoms with van der Waals surface area (Å²) in [6.07, 6.45) is 5.05. The molecule has 4 atom stereocenters. The van der Waals surface area contributed by atoms with Crippen molar-refractivity contribution >= 4 is 11.8 Å². The van der Waals surface area contributed by atoms with Gasteiger partial charge in [0.2, 0.25) is 11.8 Å². The van der Waals surface area contributed by atoms with E-state index in [1.54, 1.807) is 0 Å². The Balaban J connectivity index is 2.24. The molecule has 20 heavy (non-hydrogen) atoms. The minimum Gasteiger partial charge on any atom is -0.342 e. The standard InChI is InChI=1S/C16H28N2O2/c1-5-7-11(4)18-14(10(3)6-2)15(19)17-13(16(18)20)12-8-9-12/h10-14H,5-9H2,1-4H3,(H,17,19). The van der Waals surface area contributed by atoms with Crippen molar-refractivity contribution in [2.45, 2.75) is 77.9 Å². The molecule has 0 bridgehead atoms. The van der Waals surface area contributed by atoms with Gasteiger partial charge < -0.3 is 10.2 Å². The quantitative estimate of drug-likeness (QED) is 0.812. The largest absolute Gasteiger partial charge is 0.342 e. The Morgan fingerprint density at radius 3 is 2.40 bits per heavy atom. The van der Waals surface area contributed by atoms with E-state index < -0.39 is 0 Å². The molecule has 4 nitrogen and oxygen atoms in total. The highest BCUT2D eigenvalue weighted by molar-refractivity contribution is 5.97. The fraction of sp³-hybridized carbons (Fsp3) is 0.875. The van der Waals surface area contributed by atoms with Crippen molar-refractivity contribution in [3.05, 3.63) is 0 Å². The summed E-state index contributed by atoms with van der Waals surface area (Å²) in [5.74, 6) is 0.788. The van der Waals surface area contributed by atoms with Crippen molar-refractivity contribution in [1.82, 2.24) is 10.2 Å². The van der Waals surface area contributed by atoms with E-state index in [-0.39, 0.29) is 35.9 Å². The highest BCUT2D eigenvalue weighted by Gasteiger charge is 2.49. The lowest BCUT2D eigenvalue weighted by molar-refractivity contribution is -0.155. The molecule has 0 spiro atoms. The van der Waals surface area contributed by atoms with Crippen LogP contribution in [0.1, 0.15) is 59.8 Å². The fourth-order valence-electron chi connectivity index (χ4n) is 3.28. The van der Waals surface area contributed by atoms with E-state index in [4.69, 9.17) is 0 Å². The van der Waals surface area contributed by atoms with Crippen LogP contribution in [-0.2, 0) is 9.59 Å². The van der Waals surface area contributed by atoms with Gasteiger partial charge in [0.15, 0.2) is 0 Å². The van der Waals surface area contributed by atoms with Gasteiger partial charge in [-0.3, -0.25) is 9.59 Å². The zero-order valence-electron chi connectivity index (χ0n) is 13.2. The third-order valence-electron chi connectivity index (χ3n) is 4.84. The second-order valence-electron chi connectivity index (χ2n) is 6.54. The molecule has 2 fully saturated rings. The summed E-state index contributed by atoms with van der Waals surface area (Å²) >= 11 is 0. The Morgan fingerprint density at radius 2 is 1.90 bits per heavy atom. The van der Waals surface area contributed by atoms with Gasteiger partial charge in [-0.05, 0) is 38.0 Å². The maximum absolute atomic E-state index is 12.8. The molecular weight excluding hydrogens is 252 g/mol. The molecule has 2 rings (SSSR count). The number of hydrogen-bond acceptors (Lipinski definition) is 2. The van der Waals surface area contributed by atoms with Crippen molar-refractivity contribution in [1.29, 1.82) is 0 Å². The molecule has 1 heterocycles. The molecule has 1 saturated carbocycles. The Morgan fingerprint density at radius 1 is 1.25 bits per heavy atom. The third-order valence-corrected chi connectivity index (χ3v) is 4.84. The lowest BCUT2D eigenvalue weighted by Gasteiger charge is -2.44. The predicted octanol–water partition coefficient (Wildman–Crippen LogP) is 2.33. The molecule has 2 amide bonds. The summed E-state index contributed by atoms with van der Waals surface area (Å²) in [7, 11) is 0. The normalized spacial score (nSPS) is 30.1. The van der Waals surface area contributed by atoms with E-state index >= 15 is 0 Å². The van der Waals surface area contributed by atoms with Gasteiger partial charge in [-0.25, -0.2) is 0 Å². The van der Waals surface area contributed by atoms with Crippen LogP contribution in [0.5, 0.6) is 0 Å². The van der Waals surface area contributed by atoms with Crippen LogP contribution in [0.3, 0.4) is 0 Å². The highest BCUT2D eigenvalue weighted by atomic mass is 16.2. The molecule has 1 aliphatic carbocycles. The van der Waals surface area contributed by atoms with Crippen molar-refractivity contribution in [3.8, 4) is 0 Å². The third kappa shape index (κ3) is 2.84. The van der Waals surface area contributed by atoms with Crippen molar-refractivity contribution in [2.75, 3.05) is 0 Å². The van der Waals surface area contributed by atoms with E-state index in [1.165, 1.54) is 0 Å². The first-order valence-electron chi connectivity index (χ1n) is 8.13. The Labute approximate surface area is 122 Å². The zero-order chi connectivity index (χ0) is 14.9.